The van der Waals surface area contributed by atoms with E-state index in [-0.39, 0.29) is 0 Å². The van der Waals surface area contributed by atoms with Gasteiger partial charge in [0, 0.05) is 21.9 Å². The zero-order chi connectivity index (χ0) is 40.5. The number of benzene rings is 9. The van der Waals surface area contributed by atoms with E-state index < -0.39 is 0 Å². The smallest absolute Gasteiger partial charge is 0.167 e. The first-order chi connectivity index (χ1) is 30.3. The molecule has 0 fully saturated rings. The van der Waals surface area contributed by atoms with Gasteiger partial charge in [0.25, 0.3) is 0 Å². The number of rotatable bonds is 8. The Kier molecular flexibility index (Phi) is 9.14. The largest absolute Gasteiger partial charge is 0.455 e. The molecular formula is C57H37N3O. The highest BCUT2D eigenvalue weighted by molar-refractivity contribution is 6.09. The predicted octanol–water partition coefficient (Wildman–Crippen LogP) is 15.1. The Morgan fingerprint density at radius 3 is 1.21 bits per heavy atom. The molecule has 0 saturated carbocycles. The van der Waals surface area contributed by atoms with Crippen LogP contribution in [0.3, 0.4) is 0 Å². The second-order valence-corrected chi connectivity index (χ2v) is 15.1. The van der Waals surface area contributed by atoms with Crippen molar-refractivity contribution in [1.82, 2.24) is 15.0 Å². The molecule has 0 saturated heterocycles. The molecule has 0 aliphatic rings. The van der Waals surface area contributed by atoms with Crippen LogP contribution in [0.2, 0.25) is 0 Å². The van der Waals surface area contributed by atoms with Gasteiger partial charge in [-0.25, -0.2) is 15.0 Å². The molecule has 0 atom stereocenters. The third-order valence-electron chi connectivity index (χ3n) is 11.4. The fourth-order valence-corrected chi connectivity index (χ4v) is 8.52. The monoisotopic (exact) mass is 779 g/mol. The van der Waals surface area contributed by atoms with Gasteiger partial charge < -0.3 is 4.42 Å². The highest BCUT2D eigenvalue weighted by Crippen LogP contribution is 2.50. The summed E-state index contributed by atoms with van der Waals surface area (Å²) in [6.45, 7) is 0. The summed E-state index contributed by atoms with van der Waals surface area (Å²) >= 11 is 0. The Balaban J connectivity index is 1.13. The van der Waals surface area contributed by atoms with Gasteiger partial charge in [0.1, 0.15) is 11.2 Å². The Morgan fingerprint density at radius 2 is 0.656 bits per heavy atom. The summed E-state index contributed by atoms with van der Waals surface area (Å²) in [4.78, 5) is 15.3. The van der Waals surface area contributed by atoms with Crippen LogP contribution < -0.4 is 0 Å². The van der Waals surface area contributed by atoms with Crippen LogP contribution in [0.5, 0.6) is 0 Å². The maximum absolute atomic E-state index is 6.46. The van der Waals surface area contributed by atoms with Gasteiger partial charge in [-0.3, -0.25) is 0 Å². The van der Waals surface area contributed by atoms with E-state index >= 15 is 0 Å². The molecule has 4 heteroatoms. The maximum Gasteiger partial charge on any atom is 0.167 e. The van der Waals surface area contributed by atoms with Crippen molar-refractivity contribution < 1.29 is 4.42 Å². The van der Waals surface area contributed by atoms with E-state index in [1.54, 1.807) is 0 Å². The number of furan rings is 1. The molecule has 9 aromatic carbocycles. The summed E-state index contributed by atoms with van der Waals surface area (Å²) in [6.07, 6.45) is 0. The number of para-hydroxylation sites is 2. The van der Waals surface area contributed by atoms with Crippen molar-refractivity contribution in [3.8, 4) is 89.8 Å². The normalized spacial score (nSPS) is 11.3. The number of nitrogens with zero attached hydrogens (tertiary/aromatic N) is 3. The Bertz CT molecular complexity index is 3310. The topological polar surface area (TPSA) is 51.8 Å². The number of aromatic nitrogens is 3. The summed E-state index contributed by atoms with van der Waals surface area (Å²) in [5, 5.41) is 2.09. The predicted molar refractivity (Wildman–Crippen MR) is 251 cm³/mol. The lowest BCUT2D eigenvalue weighted by Crippen LogP contribution is -2.00. The van der Waals surface area contributed by atoms with E-state index in [1.165, 1.54) is 22.3 Å². The number of hydrogen-bond donors (Lipinski definition) is 0. The molecule has 61 heavy (non-hydrogen) atoms. The highest BCUT2D eigenvalue weighted by Gasteiger charge is 2.24. The molecule has 0 aliphatic heterocycles. The molecule has 0 radical (unpaired) electrons. The first-order valence-corrected chi connectivity index (χ1v) is 20.5. The average Bonchev–Trinajstić information content (AvgIpc) is 3.74. The van der Waals surface area contributed by atoms with E-state index in [0.717, 1.165) is 72.0 Å². The Hall–Kier alpha value is -8.21. The van der Waals surface area contributed by atoms with Crippen LogP contribution in [-0.4, -0.2) is 15.0 Å². The molecule has 11 rings (SSSR count). The van der Waals surface area contributed by atoms with Gasteiger partial charge in [0.15, 0.2) is 17.5 Å². The summed E-state index contributed by atoms with van der Waals surface area (Å²) in [6, 6.07) is 78.5. The van der Waals surface area contributed by atoms with Crippen molar-refractivity contribution >= 4 is 21.9 Å². The molecule has 2 aromatic heterocycles. The average molecular weight is 780 g/mol. The summed E-state index contributed by atoms with van der Waals surface area (Å²) in [5.74, 6) is 1.74. The van der Waals surface area contributed by atoms with Crippen LogP contribution in [0, 0.1) is 0 Å². The molecule has 11 aromatic rings. The van der Waals surface area contributed by atoms with Gasteiger partial charge in [-0.15, -0.1) is 0 Å². The van der Waals surface area contributed by atoms with E-state index in [9.17, 15) is 0 Å². The molecular weight excluding hydrogens is 743 g/mol. The zero-order valence-corrected chi connectivity index (χ0v) is 33.1. The first kappa shape index (κ1) is 35.9. The molecule has 0 aliphatic carbocycles. The Labute approximate surface area is 354 Å². The van der Waals surface area contributed by atoms with Crippen molar-refractivity contribution in [2.24, 2.45) is 0 Å². The van der Waals surface area contributed by atoms with Gasteiger partial charge in [0.05, 0.1) is 5.56 Å². The van der Waals surface area contributed by atoms with Crippen LogP contribution in [0.25, 0.3) is 112 Å². The van der Waals surface area contributed by atoms with E-state index in [2.05, 4.69) is 164 Å². The lowest BCUT2D eigenvalue weighted by molar-refractivity contribution is 0.669. The third kappa shape index (κ3) is 6.67. The SMILES string of the molecule is c1ccc(-c2nc(-c3ccc(-c4cc(-c5ccccc5)c(-c5ccccc5)c(-c5ccccc5)c4-c4ccccc4)cc3)nc(-c3cccc4c3oc3ccccc34)n2)cc1. The number of fused-ring (bicyclic) bond motifs is 3. The highest BCUT2D eigenvalue weighted by atomic mass is 16.3. The molecule has 4 nitrogen and oxygen atoms in total. The van der Waals surface area contributed by atoms with Crippen molar-refractivity contribution in [2.75, 3.05) is 0 Å². The fraction of sp³-hybridized carbons (Fsp3) is 0. The lowest BCUT2D eigenvalue weighted by atomic mass is 9.79. The molecule has 286 valence electrons. The minimum absolute atomic E-state index is 0.556. The summed E-state index contributed by atoms with van der Waals surface area (Å²) in [5.41, 5.74) is 15.8. The fourth-order valence-electron chi connectivity index (χ4n) is 8.52. The standard InChI is InChI=1S/C57H37N3O/c1-6-19-38(20-7-1)48-37-49(52(41-23-10-3-11-24-41)53(42-25-12-4-13-26-42)51(48)40-21-8-2-9-22-40)39-33-35-44(36-34-39)56-58-55(43-27-14-5-15-28-43)59-57(60-56)47-31-18-30-46-45-29-16-17-32-50(45)61-54(46)47/h1-37H. The van der Waals surface area contributed by atoms with Gasteiger partial charge in [-0.05, 0) is 73.8 Å². The van der Waals surface area contributed by atoms with Crippen molar-refractivity contribution in [2.45, 2.75) is 0 Å². The first-order valence-electron chi connectivity index (χ1n) is 20.5. The van der Waals surface area contributed by atoms with E-state index in [0.29, 0.717) is 17.5 Å². The zero-order valence-electron chi connectivity index (χ0n) is 33.1. The van der Waals surface area contributed by atoms with Gasteiger partial charge in [0.2, 0.25) is 0 Å². The summed E-state index contributed by atoms with van der Waals surface area (Å²) in [7, 11) is 0. The van der Waals surface area contributed by atoms with E-state index in [1.807, 2.05) is 60.7 Å². The second kappa shape index (κ2) is 15.5. The van der Waals surface area contributed by atoms with E-state index in [4.69, 9.17) is 19.4 Å². The van der Waals surface area contributed by atoms with Gasteiger partial charge in [-0.1, -0.05) is 206 Å². The minimum atomic E-state index is 0.556. The maximum atomic E-state index is 6.46. The lowest BCUT2D eigenvalue weighted by Gasteiger charge is -2.24. The van der Waals surface area contributed by atoms with Crippen LogP contribution in [-0.2, 0) is 0 Å². The van der Waals surface area contributed by atoms with Gasteiger partial charge in [-0.2, -0.15) is 0 Å². The second-order valence-electron chi connectivity index (χ2n) is 15.1. The molecule has 0 spiro atoms. The van der Waals surface area contributed by atoms with Crippen molar-refractivity contribution in [1.29, 1.82) is 0 Å². The van der Waals surface area contributed by atoms with Crippen molar-refractivity contribution in [3.63, 3.8) is 0 Å². The van der Waals surface area contributed by atoms with Crippen LogP contribution in [0.1, 0.15) is 0 Å². The molecule has 0 amide bonds. The molecule has 2 heterocycles. The minimum Gasteiger partial charge on any atom is -0.455 e. The van der Waals surface area contributed by atoms with Crippen LogP contribution >= 0.6 is 0 Å². The van der Waals surface area contributed by atoms with Crippen LogP contribution in [0.4, 0.5) is 0 Å². The van der Waals surface area contributed by atoms with Crippen LogP contribution in [0.15, 0.2) is 229 Å². The Morgan fingerprint density at radius 1 is 0.262 bits per heavy atom. The summed E-state index contributed by atoms with van der Waals surface area (Å²) < 4.78 is 6.46. The molecule has 0 unspecified atom stereocenters. The number of hydrogen-bond acceptors (Lipinski definition) is 4. The molecule has 0 N–H and O–H groups in total. The molecule has 0 bridgehead atoms. The quantitative estimate of drug-likeness (QED) is 0.154. The van der Waals surface area contributed by atoms with Gasteiger partial charge >= 0.3 is 0 Å². The van der Waals surface area contributed by atoms with Crippen molar-refractivity contribution in [3.05, 3.63) is 224 Å². The third-order valence-corrected chi connectivity index (χ3v) is 11.4.